The molecule has 1 saturated carbocycles. The van der Waals surface area contributed by atoms with Crippen LogP contribution in [0.3, 0.4) is 0 Å². The van der Waals surface area contributed by atoms with Gasteiger partial charge in [-0.2, -0.15) is 11.8 Å². The zero-order chi connectivity index (χ0) is 17.3. The molecule has 1 rings (SSSR count). The van der Waals surface area contributed by atoms with Gasteiger partial charge in [-0.15, -0.1) is 0 Å². The molecule has 0 saturated heterocycles. The Hall–Kier alpha value is -0.460. The lowest BCUT2D eigenvalue weighted by Gasteiger charge is -2.23. The number of nitrogens with one attached hydrogen (secondary N) is 2. The molecule has 3 atom stereocenters. The van der Waals surface area contributed by atoms with E-state index >= 15 is 0 Å². The van der Waals surface area contributed by atoms with E-state index in [2.05, 4.69) is 16.9 Å². The Morgan fingerprint density at radius 1 is 1.35 bits per heavy atom. The molecule has 2 N–H and O–H groups in total. The summed E-state index contributed by atoms with van der Waals surface area (Å²) in [5.41, 5.74) is -0.444. The van der Waals surface area contributed by atoms with Crippen LogP contribution in [0.15, 0.2) is 0 Å². The zero-order valence-corrected chi connectivity index (χ0v) is 16.1. The van der Waals surface area contributed by atoms with Crippen LogP contribution >= 0.6 is 11.8 Å². The SMILES string of the molecule is COCC(CCCNC(=O)OC(C)(C)C)NC1CCC(SC)C1. The minimum atomic E-state index is -0.444. The summed E-state index contributed by atoms with van der Waals surface area (Å²) in [4.78, 5) is 11.6. The van der Waals surface area contributed by atoms with Crippen LogP contribution in [0.4, 0.5) is 4.79 Å². The highest BCUT2D eigenvalue weighted by molar-refractivity contribution is 7.99. The molecular weight excluding hydrogens is 312 g/mol. The van der Waals surface area contributed by atoms with E-state index in [0.717, 1.165) is 18.1 Å². The van der Waals surface area contributed by atoms with Crippen molar-refractivity contribution in [3.8, 4) is 0 Å². The van der Waals surface area contributed by atoms with Gasteiger partial charge in [0.2, 0.25) is 0 Å². The van der Waals surface area contributed by atoms with Gasteiger partial charge in [0.25, 0.3) is 0 Å². The molecule has 0 aliphatic heterocycles. The molecule has 1 fully saturated rings. The Kier molecular flexibility index (Phi) is 9.32. The number of carbonyl (C=O) groups is 1. The summed E-state index contributed by atoms with van der Waals surface area (Å²) in [7, 11) is 1.74. The first-order chi connectivity index (χ1) is 10.8. The van der Waals surface area contributed by atoms with Crippen molar-refractivity contribution in [1.29, 1.82) is 0 Å². The third kappa shape index (κ3) is 9.42. The van der Waals surface area contributed by atoms with Crippen molar-refractivity contribution in [2.24, 2.45) is 0 Å². The van der Waals surface area contributed by atoms with Crippen molar-refractivity contribution >= 4 is 17.9 Å². The first-order valence-electron chi connectivity index (χ1n) is 8.58. The molecule has 0 bridgehead atoms. The third-order valence-electron chi connectivity index (χ3n) is 3.95. The summed E-state index contributed by atoms with van der Waals surface area (Å²) in [5, 5.41) is 7.33. The van der Waals surface area contributed by atoms with Crippen LogP contribution in [0, 0.1) is 0 Å². The van der Waals surface area contributed by atoms with Gasteiger partial charge in [0, 0.05) is 31.0 Å². The number of ether oxygens (including phenoxy) is 2. The van der Waals surface area contributed by atoms with Gasteiger partial charge in [-0.05, 0) is 59.1 Å². The van der Waals surface area contributed by atoms with Crippen molar-refractivity contribution in [2.75, 3.05) is 26.5 Å². The average molecular weight is 347 g/mol. The Morgan fingerprint density at radius 2 is 2.09 bits per heavy atom. The van der Waals surface area contributed by atoms with Crippen LogP contribution in [0.2, 0.25) is 0 Å². The highest BCUT2D eigenvalue weighted by atomic mass is 32.2. The summed E-state index contributed by atoms with van der Waals surface area (Å²) in [6, 6.07) is 0.956. The zero-order valence-electron chi connectivity index (χ0n) is 15.3. The van der Waals surface area contributed by atoms with Gasteiger partial charge in [0.05, 0.1) is 6.61 Å². The number of methoxy groups -OCH3 is 1. The first kappa shape index (κ1) is 20.6. The lowest BCUT2D eigenvalue weighted by Crippen LogP contribution is -2.40. The lowest BCUT2D eigenvalue weighted by atomic mass is 10.1. The number of carbonyl (C=O) groups excluding carboxylic acids is 1. The highest BCUT2D eigenvalue weighted by Gasteiger charge is 2.25. The van der Waals surface area contributed by atoms with E-state index < -0.39 is 5.60 Å². The van der Waals surface area contributed by atoms with Crippen molar-refractivity contribution in [2.45, 2.75) is 75.8 Å². The second-order valence-electron chi connectivity index (χ2n) is 7.26. The van der Waals surface area contributed by atoms with E-state index in [-0.39, 0.29) is 6.09 Å². The van der Waals surface area contributed by atoms with Crippen molar-refractivity contribution in [3.63, 3.8) is 0 Å². The topological polar surface area (TPSA) is 59.6 Å². The molecule has 136 valence electrons. The number of rotatable bonds is 9. The van der Waals surface area contributed by atoms with Crippen LogP contribution in [0.25, 0.3) is 0 Å². The fourth-order valence-corrected chi connectivity index (χ4v) is 3.70. The molecule has 0 radical (unpaired) electrons. The van der Waals surface area contributed by atoms with Gasteiger partial charge in [0.15, 0.2) is 0 Å². The van der Waals surface area contributed by atoms with Crippen LogP contribution < -0.4 is 10.6 Å². The van der Waals surface area contributed by atoms with Gasteiger partial charge >= 0.3 is 6.09 Å². The van der Waals surface area contributed by atoms with Gasteiger partial charge in [-0.25, -0.2) is 4.79 Å². The standard InChI is InChI=1S/C17H34N2O3S/c1-17(2,3)22-16(20)18-10-6-7-14(12-21-4)19-13-8-9-15(11-13)23-5/h13-15,19H,6-12H2,1-5H3,(H,18,20). The van der Waals surface area contributed by atoms with Crippen molar-refractivity contribution in [3.05, 3.63) is 0 Å². The van der Waals surface area contributed by atoms with E-state index in [1.165, 1.54) is 19.3 Å². The predicted molar refractivity (Wildman–Crippen MR) is 97.2 cm³/mol. The minimum Gasteiger partial charge on any atom is -0.444 e. The fourth-order valence-electron chi connectivity index (χ4n) is 2.91. The first-order valence-corrected chi connectivity index (χ1v) is 9.87. The summed E-state index contributed by atoms with van der Waals surface area (Å²) in [6.45, 7) is 6.96. The van der Waals surface area contributed by atoms with Gasteiger partial charge in [0.1, 0.15) is 5.60 Å². The summed E-state index contributed by atoms with van der Waals surface area (Å²) >= 11 is 1.97. The molecule has 1 aliphatic carbocycles. The maximum atomic E-state index is 11.6. The number of thioether (sulfide) groups is 1. The molecule has 6 heteroatoms. The Labute approximate surface area is 145 Å². The van der Waals surface area contributed by atoms with E-state index in [0.29, 0.717) is 25.2 Å². The van der Waals surface area contributed by atoms with Gasteiger partial charge in [-0.1, -0.05) is 0 Å². The monoisotopic (exact) mass is 346 g/mol. The molecule has 0 spiro atoms. The summed E-state index contributed by atoms with van der Waals surface area (Å²) in [6.07, 6.45) is 7.57. The Balaban J connectivity index is 2.22. The molecule has 5 nitrogen and oxygen atoms in total. The molecule has 0 aromatic carbocycles. The second kappa shape index (κ2) is 10.4. The van der Waals surface area contributed by atoms with Crippen LogP contribution in [-0.2, 0) is 9.47 Å². The average Bonchev–Trinajstić information content (AvgIpc) is 2.89. The molecule has 23 heavy (non-hydrogen) atoms. The quantitative estimate of drug-likeness (QED) is 0.628. The Morgan fingerprint density at radius 3 is 2.65 bits per heavy atom. The van der Waals surface area contributed by atoms with E-state index in [9.17, 15) is 4.79 Å². The second-order valence-corrected chi connectivity index (χ2v) is 8.40. The molecular formula is C17H34N2O3S. The summed E-state index contributed by atoms with van der Waals surface area (Å²) < 4.78 is 10.6. The van der Waals surface area contributed by atoms with Crippen molar-refractivity contribution < 1.29 is 14.3 Å². The molecule has 0 aromatic rings. The fraction of sp³-hybridized carbons (Fsp3) is 0.941. The molecule has 3 unspecified atom stereocenters. The van der Waals surface area contributed by atoms with Crippen LogP contribution in [0.1, 0.15) is 52.9 Å². The van der Waals surface area contributed by atoms with Crippen LogP contribution in [0.5, 0.6) is 0 Å². The van der Waals surface area contributed by atoms with E-state index in [4.69, 9.17) is 9.47 Å². The number of amides is 1. The smallest absolute Gasteiger partial charge is 0.407 e. The van der Waals surface area contributed by atoms with E-state index in [1.54, 1.807) is 7.11 Å². The third-order valence-corrected chi connectivity index (χ3v) is 5.05. The molecule has 1 aliphatic rings. The van der Waals surface area contributed by atoms with E-state index in [1.807, 2.05) is 32.5 Å². The molecule has 1 amide bonds. The van der Waals surface area contributed by atoms with Crippen molar-refractivity contribution in [1.82, 2.24) is 10.6 Å². The van der Waals surface area contributed by atoms with Gasteiger partial charge < -0.3 is 20.1 Å². The number of hydrogen-bond acceptors (Lipinski definition) is 5. The van der Waals surface area contributed by atoms with Gasteiger partial charge in [-0.3, -0.25) is 0 Å². The largest absolute Gasteiger partial charge is 0.444 e. The minimum absolute atomic E-state index is 0.340. The number of hydrogen-bond donors (Lipinski definition) is 2. The molecule has 0 aromatic heterocycles. The lowest BCUT2D eigenvalue weighted by molar-refractivity contribution is 0.0526. The maximum absolute atomic E-state index is 11.6. The summed E-state index contributed by atoms with van der Waals surface area (Å²) in [5.74, 6) is 0. The van der Waals surface area contributed by atoms with Crippen LogP contribution in [-0.4, -0.2) is 55.5 Å². The normalized spacial score (nSPS) is 22.8. The highest BCUT2D eigenvalue weighted by Crippen LogP contribution is 2.28. The Bertz CT molecular complexity index is 347. The maximum Gasteiger partial charge on any atom is 0.407 e. The molecule has 0 heterocycles. The number of alkyl carbamates (subject to hydrolysis) is 1. The predicted octanol–water partition coefficient (Wildman–Crippen LogP) is 3.18.